The summed E-state index contributed by atoms with van der Waals surface area (Å²) in [6.45, 7) is 6.13. The molecule has 0 aliphatic carbocycles. The van der Waals surface area contributed by atoms with Crippen molar-refractivity contribution >= 4 is 49.0 Å². The van der Waals surface area contributed by atoms with Gasteiger partial charge in [-0.3, -0.25) is 4.79 Å². The van der Waals surface area contributed by atoms with Crippen LogP contribution in [0.5, 0.6) is 17.2 Å². The van der Waals surface area contributed by atoms with E-state index in [0.29, 0.717) is 48.3 Å². The minimum absolute atomic E-state index is 0.00258. The van der Waals surface area contributed by atoms with Crippen molar-refractivity contribution < 1.29 is 18.6 Å². The Kier molecular flexibility index (Phi) is 9.51. The molecule has 226 valence electrons. The number of aryl methyl sites for hydroxylation is 1. The van der Waals surface area contributed by atoms with Crippen LogP contribution in [-0.2, 0) is 6.61 Å². The highest BCUT2D eigenvalue weighted by molar-refractivity contribution is 9.13. The Morgan fingerprint density at radius 2 is 1.68 bits per heavy atom. The molecule has 4 aromatic carbocycles. The molecule has 5 rings (SSSR count). The normalized spacial score (nSPS) is 11.5. The van der Waals surface area contributed by atoms with Gasteiger partial charge in [-0.25, -0.2) is 9.37 Å². The minimum Gasteiger partial charge on any atom is -0.496 e. The Balaban J connectivity index is 1.63. The molecule has 44 heavy (non-hydrogen) atoms. The number of aromatic nitrogens is 2. The molecule has 1 aromatic heterocycles. The molecule has 0 bridgehead atoms. The lowest BCUT2D eigenvalue weighted by Crippen LogP contribution is -2.21. The van der Waals surface area contributed by atoms with Gasteiger partial charge in [0.25, 0.3) is 5.56 Å². The Bertz CT molecular complexity index is 1960. The summed E-state index contributed by atoms with van der Waals surface area (Å²) in [6.07, 6.45) is 1.56. The lowest BCUT2D eigenvalue weighted by molar-refractivity contribution is 0.277. The average molecular weight is 723 g/mol. The number of benzene rings is 4. The molecule has 0 radical (unpaired) electrons. The number of rotatable bonds is 9. The number of halogens is 3. The van der Waals surface area contributed by atoms with Crippen LogP contribution in [0.4, 0.5) is 4.39 Å². The summed E-state index contributed by atoms with van der Waals surface area (Å²) in [6, 6.07) is 19.3. The van der Waals surface area contributed by atoms with Gasteiger partial charge in [-0.15, -0.1) is 0 Å². The Morgan fingerprint density at radius 1 is 0.977 bits per heavy atom. The fourth-order valence-electron chi connectivity index (χ4n) is 4.84. The van der Waals surface area contributed by atoms with Gasteiger partial charge in [0, 0.05) is 21.2 Å². The zero-order valence-corrected chi connectivity index (χ0v) is 28.0. The van der Waals surface area contributed by atoms with Crippen molar-refractivity contribution in [3.05, 3.63) is 114 Å². The standard InChI is InChI=1S/C34H30Br2FN3O4/c1-19(2)24-16-25(20(3)14-28(24)42-4)33-39-27-13-9-7-11-23(27)34(41)40(33)38-17-22-15-29(43-5)32(31(36)30(22)35)44-18-21-10-6-8-12-26(21)37/h6-17,19H,18H2,1-5H3. The molecule has 5 aromatic rings. The van der Waals surface area contributed by atoms with Gasteiger partial charge in [-0.05, 0) is 92.2 Å². The van der Waals surface area contributed by atoms with Gasteiger partial charge in [0.1, 0.15) is 18.2 Å². The van der Waals surface area contributed by atoms with E-state index in [9.17, 15) is 9.18 Å². The van der Waals surface area contributed by atoms with Crippen LogP contribution in [0.2, 0.25) is 0 Å². The molecular formula is C34H30Br2FN3O4. The van der Waals surface area contributed by atoms with Crippen LogP contribution in [-0.4, -0.2) is 30.1 Å². The SMILES string of the molecule is COc1cc(C)c(-c2nc3ccccc3c(=O)n2N=Cc2cc(OC)c(OCc3ccccc3F)c(Br)c2Br)cc1C(C)C. The molecule has 0 N–H and O–H groups in total. The number of fused-ring (bicyclic) bond motifs is 1. The van der Waals surface area contributed by atoms with Gasteiger partial charge in [0.05, 0.1) is 35.8 Å². The van der Waals surface area contributed by atoms with Crippen molar-refractivity contribution in [1.29, 1.82) is 0 Å². The van der Waals surface area contributed by atoms with E-state index in [2.05, 4.69) is 50.8 Å². The second-order valence-electron chi connectivity index (χ2n) is 10.4. The second-order valence-corrected chi connectivity index (χ2v) is 12.0. The largest absolute Gasteiger partial charge is 0.496 e. The lowest BCUT2D eigenvalue weighted by atomic mass is 9.96. The summed E-state index contributed by atoms with van der Waals surface area (Å²) in [5.41, 5.74) is 3.93. The maximum absolute atomic E-state index is 14.2. The van der Waals surface area contributed by atoms with Gasteiger partial charge in [-0.1, -0.05) is 44.2 Å². The zero-order chi connectivity index (χ0) is 31.5. The topological polar surface area (TPSA) is 74.9 Å². The van der Waals surface area contributed by atoms with E-state index in [0.717, 1.165) is 22.4 Å². The van der Waals surface area contributed by atoms with Crippen LogP contribution < -0.4 is 19.8 Å². The first-order valence-corrected chi connectivity index (χ1v) is 15.4. The van der Waals surface area contributed by atoms with E-state index in [4.69, 9.17) is 19.2 Å². The highest BCUT2D eigenvalue weighted by Crippen LogP contribution is 2.43. The van der Waals surface area contributed by atoms with E-state index >= 15 is 0 Å². The molecular weight excluding hydrogens is 693 g/mol. The first-order valence-electron chi connectivity index (χ1n) is 13.8. The summed E-state index contributed by atoms with van der Waals surface area (Å²) in [4.78, 5) is 18.8. The van der Waals surface area contributed by atoms with E-state index < -0.39 is 0 Å². The molecule has 0 amide bonds. The summed E-state index contributed by atoms with van der Waals surface area (Å²) >= 11 is 7.20. The molecule has 0 atom stereocenters. The van der Waals surface area contributed by atoms with Gasteiger partial charge in [0.15, 0.2) is 17.3 Å². The fraction of sp³-hybridized carbons (Fsp3) is 0.206. The highest BCUT2D eigenvalue weighted by atomic mass is 79.9. The lowest BCUT2D eigenvalue weighted by Gasteiger charge is -2.18. The monoisotopic (exact) mass is 721 g/mol. The molecule has 1 heterocycles. The predicted octanol–water partition coefficient (Wildman–Crippen LogP) is 8.64. The first kappa shape index (κ1) is 31.4. The van der Waals surface area contributed by atoms with Gasteiger partial charge >= 0.3 is 0 Å². The van der Waals surface area contributed by atoms with E-state index in [1.54, 1.807) is 49.7 Å². The van der Waals surface area contributed by atoms with Gasteiger partial charge in [0.2, 0.25) is 0 Å². The van der Waals surface area contributed by atoms with E-state index in [1.165, 1.54) is 17.9 Å². The molecule has 0 aliphatic heterocycles. The molecule has 0 saturated heterocycles. The van der Waals surface area contributed by atoms with Crippen molar-refractivity contribution in [3.8, 4) is 28.6 Å². The van der Waals surface area contributed by atoms with Gasteiger partial charge < -0.3 is 14.2 Å². The van der Waals surface area contributed by atoms with Crippen LogP contribution in [0, 0.1) is 12.7 Å². The smallest absolute Gasteiger partial charge is 0.282 e. The molecule has 0 fully saturated rings. The number of ether oxygens (including phenoxy) is 3. The summed E-state index contributed by atoms with van der Waals surface area (Å²) < 4.78 is 33.9. The van der Waals surface area contributed by atoms with Crippen LogP contribution in [0.1, 0.15) is 42.0 Å². The Hall–Kier alpha value is -4.02. The number of para-hydroxylation sites is 1. The molecule has 0 spiro atoms. The predicted molar refractivity (Wildman–Crippen MR) is 179 cm³/mol. The number of hydrogen-bond acceptors (Lipinski definition) is 6. The third-order valence-electron chi connectivity index (χ3n) is 7.21. The maximum Gasteiger partial charge on any atom is 0.282 e. The quantitative estimate of drug-likeness (QED) is 0.143. The number of methoxy groups -OCH3 is 2. The molecule has 0 saturated carbocycles. The average Bonchev–Trinajstić information content (AvgIpc) is 3.02. The van der Waals surface area contributed by atoms with Crippen LogP contribution in [0.3, 0.4) is 0 Å². The van der Waals surface area contributed by atoms with Crippen LogP contribution >= 0.6 is 31.9 Å². The molecule has 10 heteroatoms. The van der Waals surface area contributed by atoms with Crippen molar-refractivity contribution in [2.45, 2.75) is 33.3 Å². The van der Waals surface area contributed by atoms with Crippen molar-refractivity contribution in [2.24, 2.45) is 5.10 Å². The van der Waals surface area contributed by atoms with Crippen LogP contribution in [0.15, 0.2) is 85.6 Å². The highest BCUT2D eigenvalue weighted by Gasteiger charge is 2.20. The minimum atomic E-state index is -0.358. The summed E-state index contributed by atoms with van der Waals surface area (Å²) in [7, 11) is 3.16. The molecule has 0 unspecified atom stereocenters. The summed E-state index contributed by atoms with van der Waals surface area (Å²) in [5, 5.41) is 5.10. The first-order chi connectivity index (χ1) is 21.1. The Morgan fingerprint density at radius 3 is 2.39 bits per heavy atom. The van der Waals surface area contributed by atoms with Crippen molar-refractivity contribution in [2.75, 3.05) is 14.2 Å². The van der Waals surface area contributed by atoms with Gasteiger partial charge in [-0.2, -0.15) is 9.78 Å². The Labute approximate surface area is 271 Å². The number of hydrogen-bond donors (Lipinski definition) is 0. The van der Waals surface area contributed by atoms with Crippen molar-refractivity contribution in [3.63, 3.8) is 0 Å². The number of nitrogens with zero attached hydrogens (tertiary/aromatic N) is 3. The maximum atomic E-state index is 14.2. The van der Waals surface area contributed by atoms with E-state index in [1.807, 2.05) is 31.2 Å². The molecule has 7 nitrogen and oxygen atoms in total. The zero-order valence-electron chi connectivity index (χ0n) is 24.8. The third-order valence-corrected chi connectivity index (χ3v) is 9.35. The molecule has 0 aliphatic rings. The summed E-state index contributed by atoms with van der Waals surface area (Å²) in [5.74, 6) is 1.78. The second kappa shape index (κ2) is 13.3. The third kappa shape index (κ3) is 6.14. The van der Waals surface area contributed by atoms with Crippen molar-refractivity contribution in [1.82, 2.24) is 9.66 Å². The van der Waals surface area contributed by atoms with Crippen LogP contribution in [0.25, 0.3) is 22.3 Å². The fourth-order valence-corrected chi connectivity index (χ4v) is 5.78. The van der Waals surface area contributed by atoms with E-state index in [-0.39, 0.29) is 23.9 Å².